The first-order valence-corrected chi connectivity index (χ1v) is 10.7. The summed E-state index contributed by atoms with van der Waals surface area (Å²) in [6.45, 7) is 4.80. The zero-order chi connectivity index (χ0) is 24.1. The number of anilines is 2. The largest absolute Gasteiger partial charge is 0.408 e. The highest BCUT2D eigenvalue weighted by Gasteiger charge is 2.31. The molecule has 0 radical (unpaired) electrons. The van der Waals surface area contributed by atoms with Crippen molar-refractivity contribution in [3.8, 4) is 22.5 Å². The van der Waals surface area contributed by atoms with E-state index in [1.807, 2.05) is 26.0 Å². The van der Waals surface area contributed by atoms with Crippen LogP contribution in [0.4, 0.5) is 24.8 Å². The molecule has 0 atom stereocenters. The zero-order valence-corrected chi connectivity index (χ0v) is 18.6. The van der Waals surface area contributed by atoms with Crippen molar-refractivity contribution in [3.05, 3.63) is 43.0 Å². The van der Waals surface area contributed by atoms with Crippen molar-refractivity contribution in [1.82, 2.24) is 29.4 Å². The van der Waals surface area contributed by atoms with Gasteiger partial charge in [-0.15, -0.1) is 0 Å². The summed E-state index contributed by atoms with van der Waals surface area (Å²) >= 11 is 0. The standard InChI is InChI=1S/C22H23F3N8O/c1-21(2)11-31(7-8-34-21)18-9-14(3-5-27-18)17-10-15(19-20(26)28-13-30-33(17)19)16-4-6-29-32(16)12-22(23,24)25/h3-6,9-10,13H,7-8,11-12H2,1-2H3,(H2,26,28,30). The molecular formula is C22H23F3N8O. The van der Waals surface area contributed by atoms with Gasteiger partial charge in [0.25, 0.3) is 0 Å². The Balaban J connectivity index is 1.62. The van der Waals surface area contributed by atoms with Gasteiger partial charge in [-0.05, 0) is 38.1 Å². The molecule has 1 saturated heterocycles. The number of nitrogen functional groups attached to an aromatic ring is 1. The average Bonchev–Trinajstić information content (AvgIpc) is 3.37. The van der Waals surface area contributed by atoms with Gasteiger partial charge in [0.2, 0.25) is 0 Å². The number of nitrogens with zero attached hydrogens (tertiary/aromatic N) is 7. The Labute approximate surface area is 193 Å². The number of alkyl halides is 3. The van der Waals surface area contributed by atoms with Crippen LogP contribution in [0.2, 0.25) is 0 Å². The minimum atomic E-state index is -4.42. The average molecular weight is 472 g/mol. The normalized spacial score (nSPS) is 16.3. The smallest absolute Gasteiger partial charge is 0.382 e. The fourth-order valence-electron chi connectivity index (χ4n) is 4.29. The van der Waals surface area contributed by atoms with Gasteiger partial charge in [-0.1, -0.05) is 0 Å². The number of nitrogens with two attached hydrogens (primary N) is 1. The van der Waals surface area contributed by atoms with Crippen molar-refractivity contribution >= 4 is 17.2 Å². The maximum absolute atomic E-state index is 13.1. The lowest BCUT2D eigenvalue weighted by Crippen LogP contribution is -2.48. The molecule has 2 N–H and O–H groups in total. The summed E-state index contributed by atoms with van der Waals surface area (Å²) in [7, 11) is 0. The van der Waals surface area contributed by atoms with Gasteiger partial charge in [-0.25, -0.2) is 14.5 Å². The van der Waals surface area contributed by atoms with Crippen LogP contribution >= 0.6 is 0 Å². The molecule has 0 amide bonds. The number of hydrogen-bond acceptors (Lipinski definition) is 7. The molecule has 9 nitrogen and oxygen atoms in total. The molecule has 0 saturated carbocycles. The van der Waals surface area contributed by atoms with Crippen LogP contribution in [-0.2, 0) is 11.3 Å². The maximum atomic E-state index is 13.1. The highest BCUT2D eigenvalue weighted by Crippen LogP contribution is 2.36. The molecule has 5 rings (SSSR count). The van der Waals surface area contributed by atoms with Crippen LogP contribution in [0.1, 0.15) is 13.8 Å². The molecule has 5 heterocycles. The Morgan fingerprint density at radius 2 is 1.91 bits per heavy atom. The van der Waals surface area contributed by atoms with E-state index in [2.05, 4.69) is 25.1 Å². The maximum Gasteiger partial charge on any atom is 0.408 e. The number of halogens is 3. The molecule has 0 spiro atoms. The second-order valence-electron chi connectivity index (χ2n) is 8.77. The van der Waals surface area contributed by atoms with Crippen LogP contribution in [0.5, 0.6) is 0 Å². The SMILES string of the molecule is CC1(C)CN(c2cc(-c3cc(-c4ccnn4CC(F)(F)F)c4c(N)ncnn34)ccn2)CCO1. The minimum absolute atomic E-state index is 0.153. The van der Waals surface area contributed by atoms with Crippen molar-refractivity contribution in [2.45, 2.75) is 32.2 Å². The van der Waals surface area contributed by atoms with Gasteiger partial charge in [0.1, 0.15) is 24.2 Å². The molecule has 0 aromatic carbocycles. The van der Waals surface area contributed by atoms with Crippen LogP contribution in [0.15, 0.2) is 43.0 Å². The van der Waals surface area contributed by atoms with Crippen molar-refractivity contribution < 1.29 is 17.9 Å². The van der Waals surface area contributed by atoms with Crippen LogP contribution in [-0.4, -0.2) is 60.8 Å². The number of pyridine rings is 1. The van der Waals surface area contributed by atoms with Gasteiger partial charge < -0.3 is 15.4 Å². The van der Waals surface area contributed by atoms with E-state index in [-0.39, 0.29) is 17.1 Å². The van der Waals surface area contributed by atoms with Gasteiger partial charge in [0.15, 0.2) is 5.82 Å². The Hall–Kier alpha value is -3.67. The van der Waals surface area contributed by atoms with Gasteiger partial charge in [-0.3, -0.25) is 4.68 Å². The number of ether oxygens (including phenoxy) is 1. The van der Waals surface area contributed by atoms with Crippen LogP contribution in [0.25, 0.3) is 28.0 Å². The molecular weight excluding hydrogens is 449 g/mol. The lowest BCUT2D eigenvalue weighted by molar-refractivity contribution is -0.142. The molecule has 4 aromatic rings. The number of hydrogen-bond donors (Lipinski definition) is 1. The van der Waals surface area contributed by atoms with Gasteiger partial charge in [0, 0.05) is 36.6 Å². The second-order valence-corrected chi connectivity index (χ2v) is 8.77. The first-order valence-electron chi connectivity index (χ1n) is 10.7. The summed E-state index contributed by atoms with van der Waals surface area (Å²) in [4.78, 5) is 10.7. The first-order chi connectivity index (χ1) is 16.1. The van der Waals surface area contributed by atoms with Crippen LogP contribution in [0.3, 0.4) is 0 Å². The number of fused-ring (bicyclic) bond motifs is 1. The van der Waals surface area contributed by atoms with E-state index in [1.165, 1.54) is 18.6 Å². The van der Waals surface area contributed by atoms with Crippen molar-refractivity contribution in [3.63, 3.8) is 0 Å². The van der Waals surface area contributed by atoms with Gasteiger partial charge >= 0.3 is 6.18 Å². The zero-order valence-electron chi connectivity index (χ0n) is 18.6. The molecule has 1 aliphatic rings. The molecule has 178 valence electrons. The minimum Gasteiger partial charge on any atom is -0.382 e. The predicted octanol–water partition coefficient (Wildman–Crippen LogP) is 3.41. The molecule has 1 aliphatic heterocycles. The highest BCUT2D eigenvalue weighted by atomic mass is 19.4. The Bertz CT molecular complexity index is 1340. The summed E-state index contributed by atoms with van der Waals surface area (Å²) in [5.41, 5.74) is 8.42. The molecule has 0 unspecified atom stereocenters. The summed E-state index contributed by atoms with van der Waals surface area (Å²) in [5.74, 6) is 0.926. The summed E-state index contributed by atoms with van der Waals surface area (Å²) < 4.78 is 47.6. The molecule has 34 heavy (non-hydrogen) atoms. The second kappa shape index (κ2) is 7.97. The fraction of sp³-hybridized carbons (Fsp3) is 0.364. The van der Waals surface area contributed by atoms with Gasteiger partial charge in [0.05, 0.1) is 23.6 Å². The van der Waals surface area contributed by atoms with E-state index < -0.39 is 12.7 Å². The lowest BCUT2D eigenvalue weighted by Gasteiger charge is -2.38. The molecule has 0 aliphatic carbocycles. The molecule has 1 fully saturated rings. The first kappa shape index (κ1) is 22.1. The fourth-order valence-corrected chi connectivity index (χ4v) is 4.29. The van der Waals surface area contributed by atoms with Gasteiger partial charge in [-0.2, -0.15) is 23.4 Å². The monoisotopic (exact) mass is 472 g/mol. The van der Waals surface area contributed by atoms with Crippen molar-refractivity contribution in [2.75, 3.05) is 30.3 Å². The Morgan fingerprint density at radius 1 is 1.09 bits per heavy atom. The van der Waals surface area contributed by atoms with E-state index in [4.69, 9.17) is 10.5 Å². The predicted molar refractivity (Wildman–Crippen MR) is 120 cm³/mol. The Kier molecular flexibility index (Phi) is 5.19. The summed E-state index contributed by atoms with van der Waals surface area (Å²) in [6.07, 6.45) is -0.0814. The summed E-state index contributed by atoms with van der Waals surface area (Å²) in [6, 6.07) is 7.03. The molecule has 12 heteroatoms. The van der Waals surface area contributed by atoms with Crippen molar-refractivity contribution in [2.24, 2.45) is 0 Å². The topological polar surface area (TPSA) is 99.4 Å². The van der Waals surface area contributed by atoms with Crippen molar-refractivity contribution in [1.29, 1.82) is 0 Å². The third-order valence-corrected chi connectivity index (χ3v) is 5.70. The molecule has 4 aromatic heterocycles. The van der Waals surface area contributed by atoms with E-state index in [0.717, 1.165) is 16.1 Å². The number of rotatable bonds is 4. The highest BCUT2D eigenvalue weighted by molar-refractivity contribution is 5.91. The number of morpholine rings is 1. The van der Waals surface area contributed by atoms with E-state index in [9.17, 15) is 13.2 Å². The Morgan fingerprint density at radius 3 is 2.68 bits per heavy atom. The number of aromatic nitrogens is 6. The lowest BCUT2D eigenvalue weighted by atomic mass is 10.1. The van der Waals surface area contributed by atoms with Crippen LogP contribution in [0, 0.1) is 0 Å². The van der Waals surface area contributed by atoms with E-state index in [0.29, 0.717) is 36.5 Å². The molecule has 0 bridgehead atoms. The van der Waals surface area contributed by atoms with Crippen LogP contribution < -0.4 is 10.6 Å². The van der Waals surface area contributed by atoms with E-state index >= 15 is 0 Å². The summed E-state index contributed by atoms with van der Waals surface area (Å²) in [5, 5.41) is 8.20. The quantitative estimate of drug-likeness (QED) is 0.486. The third-order valence-electron chi connectivity index (χ3n) is 5.70. The third kappa shape index (κ3) is 4.16. The van der Waals surface area contributed by atoms with E-state index in [1.54, 1.807) is 16.8 Å².